The summed E-state index contributed by atoms with van der Waals surface area (Å²) in [4.78, 5) is 21.6. The molecule has 1 amide bonds. The molecule has 0 spiro atoms. The van der Waals surface area contributed by atoms with Crippen LogP contribution in [-0.4, -0.2) is 29.0 Å². The first-order chi connectivity index (χ1) is 9.56. The van der Waals surface area contributed by atoms with E-state index in [0.29, 0.717) is 11.4 Å². The minimum absolute atomic E-state index is 0.0724. The number of nitrogen functional groups attached to an aromatic ring is 1. The molecule has 6 heteroatoms. The minimum atomic E-state index is -0.465. The molecule has 1 aromatic heterocycles. The van der Waals surface area contributed by atoms with Crippen molar-refractivity contribution in [1.82, 2.24) is 9.97 Å². The highest BCUT2D eigenvalue weighted by atomic mass is 16.5. The Morgan fingerprint density at radius 1 is 1.35 bits per heavy atom. The summed E-state index contributed by atoms with van der Waals surface area (Å²) in [6.45, 7) is 1.74. The van der Waals surface area contributed by atoms with Crippen molar-refractivity contribution in [3.8, 4) is 17.0 Å². The van der Waals surface area contributed by atoms with Gasteiger partial charge in [-0.15, -0.1) is 0 Å². The van der Waals surface area contributed by atoms with Gasteiger partial charge in [-0.3, -0.25) is 4.79 Å². The van der Waals surface area contributed by atoms with Crippen molar-refractivity contribution in [1.29, 1.82) is 0 Å². The molecule has 102 valence electrons. The Bertz CT molecular complexity index is 687. The van der Waals surface area contributed by atoms with Gasteiger partial charge in [0.15, 0.2) is 6.10 Å². The lowest BCUT2D eigenvalue weighted by atomic mass is 10.1. The molecule has 3 rings (SSSR count). The maximum atomic E-state index is 11.9. The van der Waals surface area contributed by atoms with E-state index in [0.717, 1.165) is 11.3 Å². The van der Waals surface area contributed by atoms with Crippen molar-refractivity contribution in [2.24, 2.45) is 0 Å². The van der Waals surface area contributed by atoms with E-state index in [-0.39, 0.29) is 11.9 Å². The topological polar surface area (TPSA) is 81.3 Å². The second-order valence-corrected chi connectivity index (χ2v) is 4.64. The van der Waals surface area contributed by atoms with Crippen LogP contribution in [0.4, 0.5) is 11.6 Å². The van der Waals surface area contributed by atoms with Crippen molar-refractivity contribution in [2.75, 3.05) is 17.7 Å². The summed E-state index contributed by atoms with van der Waals surface area (Å²) in [5, 5.41) is 0. The largest absolute Gasteiger partial charge is 0.479 e. The summed E-state index contributed by atoms with van der Waals surface area (Å²) < 4.78 is 5.58. The van der Waals surface area contributed by atoms with Crippen LogP contribution in [0.1, 0.15) is 6.92 Å². The van der Waals surface area contributed by atoms with Crippen molar-refractivity contribution in [3.05, 3.63) is 30.5 Å². The molecule has 2 aromatic rings. The smallest absolute Gasteiger partial charge is 0.267 e. The molecule has 0 radical (unpaired) electrons. The van der Waals surface area contributed by atoms with E-state index in [4.69, 9.17) is 10.5 Å². The van der Waals surface area contributed by atoms with Gasteiger partial charge in [-0.2, -0.15) is 0 Å². The van der Waals surface area contributed by atoms with Crippen LogP contribution in [0.5, 0.6) is 5.75 Å². The molecule has 2 N–H and O–H groups in total. The van der Waals surface area contributed by atoms with Gasteiger partial charge in [0.2, 0.25) is 5.95 Å². The van der Waals surface area contributed by atoms with E-state index in [1.54, 1.807) is 31.1 Å². The van der Waals surface area contributed by atoms with Crippen LogP contribution in [0.3, 0.4) is 0 Å². The van der Waals surface area contributed by atoms with Gasteiger partial charge in [-0.1, -0.05) is 0 Å². The molecule has 0 saturated carbocycles. The summed E-state index contributed by atoms with van der Waals surface area (Å²) in [7, 11) is 1.73. The average Bonchev–Trinajstić information content (AvgIpc) is 2.45. The lowest BCUT2D eigenvalue weighted by Crippen LogP contribution is -2.41. The molecule has 0 bridgehead atoms. The summed E-state index contributed by atoms with van der Waals surface area (Å²) >= 11 is 0. The van der Waals surface area contributed by atoms with Gasteiger partial charge < -0.3 is 15.4 Å². The predicted octanol–water partition coefficient (Wildman–Crippen LogP) is 1.47. The van der Waals surface area contributed by atoms with E-state index in [9.17, 15) is 4.79 Å². The third-order valence-corrected chi connectivity index (χ3v) is 3.27. The summed E-state index contributed by atoms with van der Waals surface area (Å²) in [5.41, 5.74) is 7.88. The number of carbonyl (C=O) groups excluding carboxylic acids is 1. The molecule has 20 heavy (non-hydrogen) atoms. The van der Waals surface area contributed by atoms with Gasteiger partial charge in [0, 0.05) is 18.8 Å². The minimum Gasteiger partial charge on any atom is -0.479 e. The number of nitrogens with two attached hydrogens (primary N) is 1. The molecule has 2 heterocycles. The highest BCUT2D eigenvalue weighted by Crippen LogP contribution is 2.36. The molecule has 0 saturated heterocycles. The number of likely N-dealkylation sites (N-methyl/N-ethyl adjacent to an activating group) is 1. The standard InChI is InChI=1S/C14H14N4O2/c1-8-13(19)18(2)11-7-9(3-4-12(11)20-8)10-5-6-16-14(15)17-10/h3-8H,1-2H3,(H2,15,16,17). The average molecular weight is 270 g/mol. The lowest BCUT2D eigenvalue weighted by molar-refractivity contribution is -0.125. The Balaban J connectivity index is 2.08. The first-order valence-electron chi connectivity index (χ1n) is 6.23. The zero-order valence-electron chi connectivity index (χ0n) is 11.2. The molecule has 1 atom stereocenters. The number of hydrogen-bond donors (Lipinski definition) is 1. The number of carbonyl (C=O) groups is 1. The maximum Gasteiger partial charge on any atom is 0.267 e. The third-order valence-electron chi connectivity index (χ3n) is 3.27. The maximum absolute atomic E-state index is 11.9. The van der Waals surface area contributed by atoms with E-state index in [1.807, 2.05) is 18.2 Å². The van der Waals surface area contributed by atoms with Crippen LogP contribution in [-0.2, 0) is 4.79 Å². The van der Waals surface area contributed by atoms with Crippen LogP contribution < -0.4 is 15.4 Å². The van der Waals surface area contributed by atoms with Gasteiger partial charge in [0.1, 0.15) is 5.75 Å². The first-order valence-corrected chi connectivity index (χ1v) is 6.23. The van der Waals surface area contributed by atoms with Crippen LogP contribution in [0.15, 0.2) is 30.5 Å². The number of amides is 1. The molecule has 6 nitrogen and oxygen atoms in total. The number of ether oxygens (including phenoxy) is 1. The fourth-order valence-electron chi connectivity index (χ4n) is 2.21. The van der Waals surface area contributed by atoms with Crippen LogP contribution in [0.25, 0.3) is 11.3 Å². The Morgan fingerprint density at radius 3 is 2.90 bits per heavy atom. The van der Waals surface area contributed by atoms with E-state index < -0.39 is 6.10 Å². The summed E-state index contributed by atoms with van der Waals surface area (Å²) in [6.07, 6.45) is 1.14. The number of nitrogens with zero attached hydrogens (tertiary/aromatic N) is 3. The number of anilines is 2. The van der Waals surface area contributed by atoms with Gasteiger partial charge in [0.25, 0.3) is 5.91 Å². The number of fused-ring (bicyclic) bond motifs is 1. The Labute approximate surface area is 116 Å². The highest BCUT2D eigenvalue weighted by molar-refractivity contribution is 6.00. The lowest BCUT2D eigenvalue weighted by Gasteiger charge is -2.30. The van der Waals surface area contributed by atoms with Crippen LogP contribution in [0.2, 0.25) is 0 Å². The number of benzene rings is 1. The zero-order valence-corrected chi connectivity index (χ0v) is 11.2. The van der Waals surface area contributed by atoms with Crippen molar-refractivity contribution in [2.45, 2.75) is 13.0 Å². The van der Waals surface area contributed by atoms with Gasteiger partial charge in [-0.05, 0) is 31.2 Å². The molecule has 0 aliphatic carbocycles. The monoisotopic (exact) mass is 270 g/mol. The molecule has 1 unspecified atom stereocenters. The fraction of sp³-hybridized carbons (Fsp3) is 0.214. The summed E-state index contributed by atoms with van der Waals surface area (Å²) in [5.74, 6) is 0.830. The molecular formula is C14H14N4O2. The van der Waals surface area contributed by atoms with Gasteiger partial charge in [-0.25, -0.2) is 9.97 Å². The van der Waals surface area contributed by atoms with Gasteiger partial charge >= 0.3 is 0 Å². The van der Waals surface area contributed by atoms with Gasteiger partial charge in [0.05, 0.1) is 11.4 Å². The second kappa shape index (κ2) is 4.48. The molecular weight excluding hydrogens is 256 g/mol. The van der Waals surface area contributed by atoms with Crippen molar-refractivity contribution < 1.29 is 9.53 Å². The predicted molar refractivity (Wildman–Crippen MR) is 75.4 cm³/mol. The SMILES string of the molecule is CC1Oc2ccc(-c3ccnc(N)n3)cc2N(C)C1=O. The van der Waals surface area contributed by atoms with E-state index in [2.05, 4.69) is 9.97 Å². The van der Waals surface area contributed by atoms with Crippen LogP contribution >= 0.6 is 0 Å². The van der Waals surface area contributed by atoms with E-state index >= 15 is 0 Å². The third kappa shape index (κ3) is 1.95. The zero-order chi connectivity index (χ0) is 14.3. The Hall–Kier alpha value is -2.63. The first kappa shape index (κ1) is 12.4. The fourth-order valence-corrected chi connectivity index (χ4v) is 2.21. The molecule has 1 aliphatic heterocycles. The second-order valence-electron chi connectivity index (χ2n) is 4.64. The van der Waals surface area contributed by atoms with Crippen molar-refractivity contribution in [3.63, 3.8) is 0 Å². The van der Waals surface area contributed by atoms with Crippen molar-refractivity contribution >= 4 is 17.5 Å². The molecule has 1 aliphatic rings. The summed E-state index contributed by atoms with van der Waals surface area (Å²) in [6, 6.07) is 7.35. The van der Waals surface area contributed by atoms with Crippen LogP contribution in [0, 0.1) is 0 Å². The molecule has 0 fully saturated rings. The number of hydrogen-bond acceptors (Lipinski definition) is 5. The van der Waals surface area contributed by atoms with E-state index in [1.165, 1.54) is 0 Å². The Morgan fingerprint density at radius 2 is 2.15 bits per heavy atom. The Kier molecular flexibility index (Phi) is 2.78. The molecule has 1 aromatic carbocycles. The number of rotatable bonds is 1. The quantitative estimate of drug-likeness (QED) is 0.848. The number of aromatic nitrogens is 2. The highest BCUT2D eigenvalue weighted by Gasteiger charge is 2.29. The normalized spacial score (nSPS) is 17.6.